The smallest absolute Gasteiger partial charge is 0.256 e. The molecule has 0 fully saturated rings. The normalized spacial score (nSPS) is 10.7. The standard InChI is InChI=1S/C13H16N2OS/c1-9-10(2)16-13(15-9)17-8-7-11-5-3-4-6-12(11)14/h3-6H,7-8,14H2,1-2H3. The first kappa shape index (κ1) is 12.0. The number of aryl methyl sites for hydroxylation is 3. The molecule has 0 saturated heterocycles. The van der Waals surface area contributed by atoms with Crippen LogP contribution < -0.4 is 5.73 Å². The van der Waals surface area contributed by atoms with Crippen molar-refractivity contribution in [2.75, 3.05) is 11.5 Å². The van der Waals surface area contributed by atoms with Gasteiger partial charge in [0.25, 0.3) is 5.22 Å². The first-order valence-electron chi connectivity index (χ1n) is 5.57. The van der Waals surface area contributed by atoms with Gasteiger partial charge in [-0.2, -0.15) is 0 Å². The number of aromatic nitrogens is 1. The lowest BCUT2D eigenvalue weighted by Gasteiger charge is -2.03. The van der Waals surface area contributed by atoms with Gasteiger partial charge in [-0.1, -0.05) is 30.0 Å². The molecular formula is C13H16N2OS. The van der Waals surface area contributed by atoms with Crippen molar-refractivity contribution in [1.29, 1.82) is 0 Å². The SMILES string of the molecule is Cc1nc(SCCc2ccccc2N)oc1C. The van der Waals surface area contributed by atoms with Gasteiger partial charge in [-0.15, -0.1) is 0 Å². The predicted molar refractivity (Wildman–Crippen MR) is 71.3 cm³/mol. The molecule has 0 atom stereocenters. The second kappa shape index (κ2) is 5.27. The number of hydrogen-bond acceptors (Lipinski definition) is 4. The Balaban J connectivity index is 1.90. The summed E-state index contributed by atoms with van der Waals surface area (Å²) in [4.78, 5) is 4.33. The molecule has 0 aliphatic carbocycles. The third kappa shape index (κ3) is 3.03. The van der Waals surface area contributed by atoms with Gasteiger partial charge in [0.2, 0.25) is 0 Å². The number of hydrogen-bond donors (Lipinski definition) is 1. The van der Waals surface area contributed by atoms with Crippen LogP contribution in [0.1, 0.15) is 17.0 Å². The third-order valence-electron chi connectivity index (χ3n) is 2.66. The van der Waals surface area contributed by atoms with Gasteiger partial charge in [0.05, 0.1) is 5.69 Å². The van der Waals surface area contributed by atoms with E-state index in [1.54, 1.807) is 11.8 Å². The van der Waals surface area contributed by atoms with E-state index in [1.165, 1.54) is 5.56 Å². The van der Waals surface area contributed by atoms with Crippen molar-refractivity contribution in [3.05, 3.63) is 41.3 Å². The van der Waals surface area contributed by atoms with Crippen LogP contribution in [0.25, 0.3) is 0 Å². The molecule has 2 N–H and O–H groups in total. The summed E-state index contributed by atoms with van der Waals surface area (Å²) in [7, 11) is 0. The van der Waals surface area contributed by atoms with E-state index in [1.807, 2.05) is 32.0 Å². The van der Waals surface area contributed by atoms with Crippen LogP contribution in [0.3, 0.4) is 0 Å². The molecule has 17 heavy (non-hydrogen) atoms. The maximum Gasteiger partial charge on any atom is 0.256 e. The fraction of sp³-hybridized carbons (Fsp3) is 0.308. The van der Waals surface area contributed by atoms with Gasteiger partial charge in [-0.05, 0) is 31.9 Å². The Morgan fingerprint density at radius 3 is 2.71 bits per heavy atom. The van der Waals surface area contributed by atoms with Crippen LogP contribution in [-0.2, 0) is 6.42 Å². The van der Waals surface area contributed by atoms with Crippen LogP contribution in [0.5, 0.6) is 0 Å². The molecule has 0 aliphatic rings. The largest absolute Gasteiger partial charge is 0.437 e. The number of nitrogens with zero attached hydrogens (tertiary/aromatic N) is 1. The van der Waals surface area contributed by atoms with E-state index in [9.17, 15) is 0 Å². The van der Waals surface area contributed by atoms with Gasteiger partial charge in [-0.25, -0.2) is 4.98 Å². The van der Waals surface area contributed by atoms with Crippen molar-refractivity contribution >= 4 is 17.4 Å². The molecule has 2 rings (SSSR count). The van der Waals surface area contributed by atoms with Gasteiger partial charge in [0.1, 0.15) is 5.76 Å². The third-order valence-corrected chi connectivity index (χ3v) is 3.49. The quantitative estimate of drug-likeness (QED) is 0.667. The van der Waals surface area contributed by atoms with Crippen LogP contribution in [0.2, 0.25) is 0 Å². The Hall–Kier alpha value is -1.42. The second-order valence-corrected chi connectivity index (χ2v) is 4.96. The van der Waals surface area contributed by atoms with Crippen molar-refractivity contribution in [3.8, 4) is 0 Å². The van der Waals surface area contributed by atoms with Crippen molar-refractivity contribution in [3.63, 3.8) is 0 Å². The number of thioether (sulfide) groups is 1. The van der Waals surface area contributed by atoms with Crippen LogP contribution in [0.4, 0.5) is 5.69 Å². The van der Waals surface area contributed by atoms with Gasteiger partial charge in [0.15, 0.2) is 0 Å². The topological polar surface area (TPSA) is 52.0 Å². The Labute approximate surface area is 105 Å². The van der Waals surface area contributed by atoms with Crippen LogP contribution in [-0.4, -0.2) is 10.7 Å². The molecule has 0 unspecified atom stereocenters. The Kier molecular flexibility index (Phi) is 3.74. The lowest BCUT2D eigenvalue weighted by atomic mass is 10.1. The monoisotopic (exact) mass is 248 g/mol. The highest BCUT2D eigenvalue weighted by Gasteiger charge is 2.06. The van der Waals surface area contributed by atoms with Crippen molar-refractivity contribution in [2.24, 2.45) is 0 Å². The minimum absolute atomic E-state index is 0.745. The van der Waals surface area contributed by atoms with E-state index in [2.05, 4.69) is 11.1 Å². The molecule has 0 aliphatic heterocycles. The van der Waals surface area contributed by atoms with Crippen molar-refractivity contribution < 1.29 is 4.42 Å². The lowest BCUT2D eigenvalue weighted by Crippen LogP contribution is -1.95. The number of nitrogens with two attached hydrogens (primary N) is 1. The second-order valence-electron chi connectivity index (χ2n) is 3.92. The summed E-state index contributed by atoms with van der Waals surface area (Å²) in [5, 5.41) is 0.745. The van der Waals surface area contributed by atoms with Gasteiger partial charge >= 0.3 is 0 Å². The summed E-state index contributed by atoms with van der Waals surface area (Å²) in [5.74, 6) is 1.82. The Morgan fingerprint density at radius 2 is 2.06 bits per heavy atom. The first-order chi connectivity index (χ1) is 8.16. The molecule has 0 radical (unpaired) electrons. The van der Waals surface area contributed by atoms with Crippen LogP contribution in [0, 0.1) is 13.8 Å². The highest BCUT2D eigenvalue weighted by molar-refractivity contribution is 7.99. The summed E-state index contributed by atoms with van der Waals surface area (Å²) in [5.41, 5.74) is 8.88. The first-order valence-corrected chi connectivity index (χ1v) is 6.55. The molecule has 1 aromatic heterocycles. The molecule has 0 bridgehead atoms. The summed E-state index contributed by atoms with van der Waals surface area (Å²) in [6.45, 7) is 3.89. The molecule has 2 aromatic rings. The number of rotatable bonds is 4. The molecule has 0 amide bonds. The van der Waals surface area contributed by atoms with E-state index < -0.39 is 0 Å². The molecule has 3 nitrogen and oxygen atoms in total. The Morgan fingerprint density at radius 1 is 1.29 bits per heavy atom. The Bertz CT molecular complexity index is 488. The zero-order chi connectivity index (χ0) is 12.3. The van der Waals surface area contributed by atoms with Crippen molar-refractivity contribution in [1.82, 2.24) is 4.98 Å². The molecule has 90 valence electrons. The lowest BCUT2D eigenvalue weighted by molar-refractivity contribution is 0.431. The van der Waals surface area contributed by atoms with Gasteiger partial charge in [0, 0.05) is 11.4 Å². The highest BCUT2D eigenvalue weighted by atomic mass is 32.2. The predicted octanol–water partition coefficient (Wildman–Crippen LogP) is 3.21. The maximum atomic E-state index is 5.88. The number of nitrogen functional groups attached to an aromatic ring is 1. The van der Waals surface area contributed by atoms with Crippen LogP contribution in [0.15, 0.2) is 33.9 Å². The van der Waals surface area contributed by atoms with Crippen LogP contribution >= 0.6 is 11.8 Å². The molecule has 1 heterocycles. The molecule has 0 saturated carbocycles. The van der Waals surface area contributed by atoms with Gasteiger partial charge in [-0.3, -0.25) is 0 Å². The average molecular weight is 248 g/mol. The fourth-order valence-electron chi connectivity index (χ4n) is 1.52. The molecular weight excluding hydrogens is 232 g/mol. The molecule has 1 aromatic carbocycles. The average Bonchev–Trinajstić information content (AvgIpc) is 2.61. The molecule has 4 heteroatoms. The minimum atomic E-state index is 0.745. The number of benzene rings is 1. The maximum absolute atomic E-state index is 5.88. The highest BCUT2D eigenvalue weighted by Crippen LogP contribution is 2.22. The van der Waals surface area contributed by atoms with E-state index >= 15 is 0 Å². The van der Waals surface area contributed by atoms with Crippen molar-refractivity contribution in [2.45, 2.75) is 25.5 Å². The zero-order valence-corrected chi connectivity index (χ0v) is 10.9. The number of para-hydroxylation sites is 1. The van der Waals surface area contributed by atoms with E-state index in [0.717, 1.165) is 34.5 Å². The van der Waals surface area contributed by atoms with E-state index in [0.29, 0.717) is 0 Å². The number of anilines is 1. The van der Waals surface area contributed by atoms with E-state index in [-0.39, 0.29) is 0 Å². The summed E-state index contributed by atoms with van der Waals surface area (Å²) in [6, 6.07) is 7.95. The van der Waals surface area contributed by atoms with Gasteiger partial charge < -0.3 is 10.2 Å². The minimum Gasteiger partial charge on any atom is -0.437 e. The number of oxazole rings is 1. The summed E-state index contributed by atoms with van der Waals surface area (Å²) >= 11 is 1.63. The zero-order valence-electron chi connectivity index (χ0n) is 10.1. The van der Waals surface area contributed by atoms with E-state index in [4.69, 9.17) is 10.2 Å². The summed E-state index contributed by atoms with van der Waals surface area (Å²) in [6.07, 6.45) is 0.928. The fourth-order valence-corrected chi connectivity index (χ4v) is 2.40. The molecule has 0 spiro atoms. The summed E-state index contributed by atoms with van der Waals surface area (Å²) < 4.78 is 5.50.